The Morgan fingerprint density at radius 3 is 2.18 bits per heavy atom. The minimum atomic E-state index is -3.98. The van der Waals surface area contributed by atoms with Gasteiger partial charge in [0.2, 0.25) is 21.8 Å². The van der Waals surface area contributed by atoms with Crippen LogP contribution in [-0.4, -0.2) is 94.8 Å². The monoisotopic (exact) mass is 634 g/mol. The van der Waals surface area contributed by atoms with Crippen molar-refractivity contribution in [2.45, 2.75) is 63.6 Å². The number of nitrogens with one attached hydrogen (secondary N) is 3. The van der Waals surface area contributed by atoms with Gasteiger partial charge in [-0.25, -0.2) is 8.42 Å². The lowest BCUT2D eigenvalue weighted by Gasteiger charge is -2.32. The van der Waals surface area contributed by atoms with E-state index in [1.807, 2.05) is 58.0 Å². The molecule has 0 aliphatic rings. The Balaban J connectivity index is 2.33. The van der Waals surface area contributed by atoms with Gasteiger partial charge in [0, 0.05) is 26.7 Å². The van der Waals surface area contributed by atoms with Crippen LogP contribution in [0.1, 0.15) is 39.7 Å². The molecule has 44 heavy (non-hydrogen) atoms. The first-order valence-corrected chi connectivity index (χ1v) is 16.5. The van der Waals surface area contributed by atoms with E-state index in [-0.39, 0.29) is 48.7 Å². The van der Waals surface area contributed by atoms with Gasteiger partial charge in [-0.1, -0.05) is 64.4 Å². The lowest BCUT2D eigenvalue weighted by molar-refractivity contribution is -0.131. The van der Waals surface area contributed by atoms with Crippen LogP contribution in [0, 0.1) is 11.8 Å². The van der Waals surface area contributed by atoms with Gasteiger partial charge in [0.15, 0.2) is 0 Å². The number of hydrogen-bond donors (Lipinski definition) is 4. The number of amides is 2. The van der Waals surface area contributed by atoms with Crippen molar-refractivity contribution in [2.24, 2.45) is 11.8 Å². The maximum absolute atomic E-state index is 13.7. The molecule has 246 valence electrons. The fourth-order valence-corrected chi connectivity index (χ4v) is 6.26. The van der Waals surface area contributed by atoms with Crippen molar-refractivity contribution in [3.8, 4) is 5.75 Å². The highest BCUT2D eigenvalue weighted by Crippen LogP contribution is 2.22. The maximum Gasteiger partial charge on any atom is 0.243 e. The minimum absolute atomic E-state index is 0.0209. The number of aliphatic hydroxyl groups is 1. The molecule has 4 atom stereocenters. The fourth-order valence-electron chi connectivity index (χ4n) is 4.64. The molecule has 0 aromatic heterocycles. The lowest BCUT2D eigenvalue weighted by Crippen LogP contribution is -2.57. The van der Waals surface area contributed by atoms with E-state index in [4.69, 9.17) is 9.47 Å². The maximum atomic E-state index is 13.7. The smallest absolute Gasteiger partial charge is 0.243 e. The van der Waals surface area contributed by atoms with E-state index in [0.29, 0.717) is 25.3 Å². The summed E-state index contributed by atoms with van der Waals surface area (Å²) >= 11 is 0. The molecule has 1 unspecified atom stereocenters. The normalized spacial score (nSPS) is 14.6. The number of rotatable bonds is 20. The van der Waals surface area contributed by atoms with E-state index in [9.17, 15) is 23.1 Å². The van der Waals surface area contributed by atoms with E-state index >= 15 is 0 Å². The van der Waals surface area contributed by atoms with Crippen LogP contribution < -0.4 is 20.7 Å². The molecule has 0 aliphatic heterocycles. The molecule has 12 heteroatoms. The zero-order valence-corrected chi connectivity index (χ0v) is 27.6. The Morgan fingerprint density at radius 1 is 0.955 bits per heavy atom. The summed E-state index contributed by atoms with van der Waals surface area (Å²) in [4.78, 5) is 26.4. The van der Waals surface area contributed by atoms with Gasteiger partial charge in [0.05, 0.1) is 37.3 Å². The number of methoxy groups -OCH3 is 2. The van der Waals surface area contributed by atoms with Gasteiger partial charge < -0.3 is 30.5 Å². The molecular weight excluding hydrogens is 584 g/mol. The third-order valence-electron chi connectivity index (χ3n) is 7.33. The van der Waals surface area contributed by atoms with E-state index in [1.165, 1.54) is 23.5 Å². The lowest BCUT2D eigenvalue weighted by atomic mass is 9.96. The summed E-state index contributed by atoms with van der Waals surface area (Å²) in [5.41, 5.74) is 0.858. The molecule has 0 saturated heterocycles. The molecular formula is C32H50N4O7S. The molecule has 4 N–H and O–H groups in total. The quantitative estimate of drug-likeness (QED) is 0.162. The molecule has 0 radical (unpaired) electrons. The Labute approximate surface area is 262 Å². The topological polar surface area (TPSA) is 146 Å². The van der Waals surface area contributed by atoms with Crippen LogP contribution in [0.2, 0.25) is 0 Å². The number of benzene rings is 2. The Hall–Kier alpha value is -3.03. The average Bonchev–Trinajstić information content (AvgIpc) is 3.01. The predicted molar refractivity (Wildman–Crippen MR) is 171 cm³/mol. The molecule has 2 rings (SSSR count). The summed E-state index contributed by atoms with van der Waals surface area (Å²) in [5, 5.41) is 20.3. The summed E-state index contributed by atoms with van der Waals surface area (Å²) < 4.78 is 38.9. The van der Waals surface area contributed by atoms with Crippen LogP contribution in [0.25, 0.3) is 0 Å². The third kappa shape index (κ3) is 11.8. The van der Waals surface area contributed by atoms with Crippen LogP contribution >= 0.6 is 0 Å². The Morgan fingerprint density at radius 2 is 1.61 bits per heavy atom. The van der Waals surface area contributed by atoms with E-state index in [1.54, 1.807) is 19.2 Å². The number of carbonyl (C=O) groups excluding carboxylic acids is 2. The SMILES string of the molecule is CC[C@H](C)[C@H](NC(=O)CNCCOC)C(=O)NC(Cc1ccccc1)[C@H](O)CN(CC(C)C)S(=O)(=O)c1ccc(OC)cc1. The highest BCUT2D eigenvalue weighted by molar-refractivity contribution is 7.89. The standard InChI is InChI=1S/C32H50N4O7S/c1-7-24(4)31(35-30(38)20-33-17-18-42-5)32(39)34-28(19-25-11-9-8-10-12-25)29(37)22-36(21-23(2)3)44(40,41)27-15-13-26(43-6)14-16-27/h8-16,23-24,28-29,31,33,37H,7,17-22H2,1-6H3,(H,34,39)(H,35,38)/t24-,28?,29+,31-/m0/s1. The molecule has 0 spiro atoms. The van der Waals surface area contributed by atoms with Gasteiger partial charge in [-0.15, -0.1) is 0 Å². The largest absolute Gasteiger partial charge is 0.497 e. The molecule has 2 aromatic rings. The number of sulfonamides is 1. The van der Waals surface area contributed by atoms with E-state index in [2.05, 4.69) is 16.0 Å². The van der Waals surface area contributed by atoms with Crippen molar-refractivity contribution in [3.63, 3.8) is 0 Å². The molecule has 0 saturated carbocycles. The van der Waals surface area contributed by atoms with Crippen LogP contribution in [0.4, 0.5) is 0 Å². The van der Waals surface area contributed by atoms with Crippen LogP contribution in [-0.2, 0) is 30.8 Å². The Kier molecular flexibility index (Phi) is 15.8. The number of carbonyl (C=O) groups is 2. The average molecular weight is 635 g/mol. The first-order valence-electron chi connectivity index (χ1n) is 15.1. The number of aliphatic hydroxyl groups excluding tert-OH is 1. The van der Waals surface area contributed by atoms with Crippen LogP contribution in [0.15, 0.2) is 59.5 Å². The van der Waals surface area contributed by atoms with Crippen LogP contribution in [0.5, 0.6) is 5.75 Å². The van der Waals surface area contributed by atoms with Gasteiger partial charge in [-0.2, -0.15) is 4.31 Å². The summed E-state index contributed by atoms with van der Waals surface area (Å²) in [5.74, 6) is -0.479. The second-order valence-electron chi connectivity index (χ2n) is 11.4. The number of nitrogens with zero attached hydrogens (tertiary/aromatic N) is 1. The first kappa shape index (κ1) is 37.2. The molecule has 0 heterocycles. The van der Waals surface area contributed by atoms with Crippen molar-refractivity contribution in [3.05, 3.63) is 60.2 Å². The number of hydrogen-bond acceptors (Lipinski definition) is 8. The molecule has 0 aliphatic carbocycles. The minimum Gasteiger partial charge on any atom is -0.497 e. The summed E-state index contributed by atoms with van der Waals surface area (Å²) in [6.07, 6.45) is -0.371. The van der Waals surface area contributed by atoms with Gasteiger partial charge in [0.25, 0.3) is 0 Å². The van der Waals surface area contributed by atoms with Crippen molar-refractivity contribution < 1.29 is 32.6 Å². The van der Waals surface area contributed by atoms with Crippen molar-refractivity contribution >= 4 is 21.8 Å². The fraction of sp³-hybridized carbons (Fsp3) is 0.562. The first-order chi connectivity index (χ1) is 20.9. The number of ether oxygens (including phenoxy) is 2. The highest BCUT2D eigenvalue weighted by atomic mass is 32.2. The predicted octanol–water partition coefficient (Wildman–Crippen LogP) is 2.20. The van der Waals surface area contributed by atoms with Crippen molar-refractivity contribution in [2.75, 3.05) is 47.0 Å². The zero-order valence-electron chi connectivity index (χ0n) is 26.8. The molecule has 11 nitrogen and oxygen atoms in total. The second kappa shape index (κ2) is 18.7. The van der Waals surface area contributed by atoms with E-state index < -0.39 is 34.1 Å². The summed E-state index contributed by atoms with van der Waals surface area (Å²) in [6.45, 7) is 8.48. The van der Waals surface area contributed by atoms with Crippen molar-refractivity contribution in [1.29, 1.82) is 0 Å². The summed E-state index contributed by atoms with van der Waals surface area (Å²) in [7, 11) is -0.907. The third-order valence-corrected chi connectivity index (χ3v) is 9.17. The summed E-state index contributed by atoms with van der Waals surface area (Å²) in [6, 6.07) is 13.8. The molecule has 0 bridgehead atoms. The second-order valence-corrected chi connectivity index (χ2v) is 13.3. The van der Waals surface area contributed by atoms with Crippen LogP contribution in [0.3, 0.4) is 0 Å². The Bertz CT molecular complexity index is 1240. The van der Waals surface area contributed by atoms with Crippen molar-refractivity contribution in [1.82, 2.24) is 20.3 Å². The van der Waals surface area contributed by atoms with Gasteiger partial charge >= 0.3 is 0 Å². The molecule has 2 aromatic carbocycles. The molecule has 2 amide bonds. The highest BCUT2D eigenvalue weighted by Gasteiger charge is 2.34. The van der Waals surface area contributed by atoms with E-state index in [0.717, 1.165) is 5.56 Å². The van der Waals surface area contributed by atoms with Gasteiger partial charge in [-0.3, -0.25) is 9.59 Å². The molecule has 0 fully saturated rings. The van der Waals surface area contributed by atoms with Gasteiger partial charge in [0.1, 0.15) is 11.8 Å². The zero-order chi connectivity index (χ0) is 32.7. The van der Waals surface area contributed by atoms with Gasteiger partial charge in [-0.05, 0) is 48.1 Å².